The lowest BCUT2D eigenvalue weighted by Crippen LogP contribution is -2.11. The van der Waals surface area contributed by atoms with Gasteiger partial charge in [-0.1, -0.05) is 30.7 Å². The maximum absolute atomic E-state index is 13.0. The number of hydrogen-bond acceptors (Lipinski definition) is 2. The first kappa shape index (κ1) is 14.8. The Morgan fingerprint density at radius 3 is 2.55 bits per heavy atom. The Morgan fingerprint density at radius 2 is 1.90 bits per heavy atom. The number of rotatable bonds is 5. The van der Waals surface area contributed by atoms with E-state index in [9.17, 15) is 4.39 Å². The fraction of sp³-hybridized carbons (Fsp3) is 0.250. The summed E-state index contributed by atoms with van der Waals surface area (Å²) in [5.41, 5.74) is 2.21. The monoisotopic (exact) mass is 293 g/mol. The standard InChI is InChI=1S/C16H17ClFNO/c1-3-19-10-12-4-6-15(11(2)8-12)20-16-7-5-13(18)9-14(16)17/h4-9,19H,3,10H2,1-2H3. The normalized spacial score (nSPS) is 10.6. The van der Waals surface area contributed by atoms with Gasteiger partial charge in [0, 0.05) is 6.54 Å². The van der Waals surface area contributed by atoms with E-state index in [2.05, 4.69) is 18.3 Å². The Labute approximate surface area is 123 Å². The van der Waals surface area contributed by atoms with Crippen LogP contribution in [0.2, 0.25) is 5.02 Å². The third-order valence-corrected chi connectivity index (χ3v) is 3.23. The minimum Gasteiger partial charge on any atom is -0.456 e. The highest BCUT2D eigenvalue weighted by atomic mass is 35.5. The third-order valence-electron chi connectivity index (χ3n) is 2.93. The van der Waals surface area contributed by atoms with Crippen LogP contribution in [0.5, 0.6) is 11.5 Å². The van der Waals surface area contributed by atoms with Crippen molar-refractivity contribution < 1.29 is 9.13 Å². The molecule has 0 heterocycles. The minimum absolute atomic E-state index is 0.265. The summed E-state index contributed by atoms with van der Waals surface area (Å²) in [4.78, 5) is 0. The van der Waals surface area contributed by atoms with Gasteiger partial charge in [-0.15, -0.1) is 0 Å². The van der Waals surface area contributed by atoms with Crippen LogP contribution in [0.25, 0.3) is 0 Å². The summed E-state index contributed by atoms with van der Waals surface area (Å²) in [6.45, 7) is 5.81. The molecule has 0 radical (unpaired) electrons. The predicted molar refractivity (Wildman–Crippen MR) is 80.0 cm³/mol. The topological polar surface area (TPSA) is 21.3 Å². The first-order chi connectivity index (χ1) is 9.60. The van der Waals surface area contributed by atoms with Crippen LogP contribution < -0.4 is 10.1 Å². The summed E-state index contributed by atoms with van der Waals surface area (Å²) in [7, 11) is 0. The van der Waals surface area contributed by atoms with Crippen LogP contribution in [0, 0.1) is 12.7 Å². The largest absolute Gasteiger partial charge is 0.456 e. The maximum Gasteiger partial charge on any atom is 0.146 e. The van der Waals surface area contributed by atoms with Crippen LogP contribution in [0.1, 0.15) is 18.1 Å². The third kappa shape index (κ3) is 3.71. The maximum atomic E-state index is 13.0. The highest BCUT2D eigenvalue weighted by Gasteiger charge is 2.07. The van der Waals surface area contributed by atoms with Crippen LogP contribution in [0.15, 0.2) is 36.4 Å². The molecule has 0 aromatic heterocycles. The average molecular weight is 294 g/mol. The van der Waals surface area contributed by atoms with Gasteiger partial charge in [0.25, 0.3) is 0 Å². The van der Waals surface area contributed by atoms with Crippen LogP contribution in [0.3, 0.4) is 0 Å². The van der Waals surface area contributed by atoms with Crippen molar-refractivity contribution in [2.75, 3.05) is 6.54 Å². The molecule has 0 spiro atoms. The molecule has 2 nitrogen and oxygen atoms in total. The second-order valence-corrected chi connectivity index (χ2v) is 4.96. The number of ether oxygens (including phenoxy) is 1. The molecule has 2 aromatic rings. The van der Waals surface area contributed by atoms with Crippen molar-refractivity contribution in [1.82, 2.24) is 5.32 Å². The first-order valence-corrected chi connectivity index (χ1v) is 6.91. The van der Waals surface area contributed by atoms with Gasteiger partial charge < -0.3 is 10.1 Å². The predicted octanol–water partition coefficient (Wildman–Crippen LogP) is 4.69. The summed E-state index contributed by atoms with van der Waals surface area (Å²) in [6.07, 6.45) is 0. The molecule has 0 saturated carbocycles. The van der Waals surface area contributed by atoms with Gasteiger partial charge in [-0.05, 0) is 48.9 Å². The van der Waals surface area contributed by atoms with E-state index in [4.69, 9.17) is 16.3 Å². The van der Waals surface area contributed by atoms with Crippen LogP contribution >= 0.6 is 11.6 Å². The summed E-state index contributed by atoms with van der Waals surface area (Å²) >= 11 is 5.96. The quantitative estimate of drug-likeness (QED) is 0.863. The van der Waals surface area contributed by atoms with Crippen molar-refractivity contribution >= 4 is 11.6 Å². The van der Waals surface area contributed by atoms with E-state index in [1.54, 1.807) is 0 Å². The Morgan fingerprint density at radius 1 is 1.15 bits per heavy atom. The van der Waals surface area contributed by atoms with Crippen molar-refractivity contribution in [2.45, 2.75) is 20.4 Å². The minimum atomic E-state index is -0.375. The van der Waals surface area contributed by atoms with Crippen molar-refractivity contribution in [2.24, 2.45) is 0 Å². The second-order valence-electron chi connectivity index (χ2n) is 4.56. The molecule has 2 aromatic carbocycles. The summed E-state index contributed by atoms with van der Waals surface area (Å²) in [6, 6.07) is 10.1. The molecule has 0 saturated heterocycles. The van der Waals surface area contributed by atoms with Gasteiger partial charge in [-0.3, -0.25) is 0 Å². The zero-order valence-corrected chi connectivity index (χ0v) is 12.3. The Balaban J connectivity index is 2.17. The highest BCUT2D eigenvalue weighted by molar-refractivity contribution is 6.32. The van der Waals surface area contributed by atoms with Gasteiger partial charge in [-0.25, -0.2) is 4.39 Å². The van der Waals surface area contributed by atoms with Gasteiger partial charge in [0.15, 0.2) is 0 Å². The fourth-order valence-electron chi connectivity index (χ4n) is 1.88. The van der Waals surface area contributed by atoms with Crippen molar-refractivity contribution in [3.8, 4) is 11.5 Å². The lowest BCUT2D eigenvalue weighted by molar-refractivity contribution is 0.477. The number of hydrogen-bond donors (Lipinski definition) is 1. The van der Waals surface area contributed by atoms with Crippen molar-refractivity contribution in [3.63, 3.8) is 0 Å². The van der Waals surface area contributed by atoms with Crippen LogP contribution in [0.4, 0.5) is 4.39 Å². The molecule has 1 N–H and O–H groups in total. The molecule has 0 unspecified atom stereocenters. The van der Waals surface area contributed by atoms with Crippen molar-refractivity contribution in [1.29, 1.82) is 0 Å². The van der Waals surface area contributed by atoms with Gasteiger partial charge in [0.05, 0.1) is 5.02 Å². The van der Waals surface area contributed by atoms with Gasteiger partial charge in [-0.2, -0.15) is 0 Å². The van der Waals surface area contributed by atoms with E-state index in [1.165, 1.54) is 23.8 Å². The van der Waals surface area contributed by atoms with Crippen molar-refractivity contribution in [3.05, 3.63) is 58.4 Å². The van der Waals surface area contributed by atoms with Gasteiger partial charge in [0.2, 0.25) is 0 Å². The SMILES string of the molecule is CCNCc1ccc(Oc2ccc(F)cc2Cl)c(C)c1. The number of halogens is 2. The van der Waals surface area contributed by atoms with Gasteiger partial charge >= 0.3 is 0 Å². The molecule has 0 atom stereocenters. The van der Waals surface area contributed by atoms with Crippen LogP contribution in [-0.2, 0) is 6.54 Å². The molecule has 0 aliphatic heterocycles. The van der Waals surface area contributed by atoms with E-state index in [0.717, 1.165) is 24.4 Å². The van der Waals surface area contributed by atoms with E-state index < -0.39 is 0 Å². The lowest BCUT2D eigenvalue weighted by atomic mass is 10.1. The smallest absolute Gasteiger partial charge is 0.146 e. The average Bonchev–Trinajstić information content (AvgIpc) is 2.42. The van der Waals surface area contributed by atoms with Gasteiger partial charge in [0.1, 0.15) is 17.3 Å². The number of benzene rings is 2. The molecule has 106 valence electrons. The van der Waals surface area contributed by atoms with E-state index in [1.807, 2.05) is 19.1 Å². The van der Waals surface area contributed by atoms with E-state index in [0.29, 0.717) is 5.75 Å². The molecule has 2 rings (SSSR count). The zero-order chi connectivity index (χ0) is 14.5. The first-order valence-electron chi connectivity index (χ1n) is 6.53. The summed E-state index contributed by atoms with van der Waals surface area (Å²) in [5, 5.41) is 3.54. The summed E-state index contributed by atoms with van der Waals surface area (Å²) in [5.74, 6) is 0.800. The number of aryl methyl sites for hydroxylation is 1. The molecule has 0 aliphatic carbocycles. The zero-order valence-electron chi connectivity index (χ0n) is 11.5. The summed E-state index contributed by atoms with van der Waals surface area (Å²) < 4.78 is 18.7. The molecule has 0 amide bonds. The molecule has 20 heavy (non-hydrogen) atoms. The molecule has 0 aliphatic rings. The Bertz CT molecular complexity index is 601. The fourth-order valence-corrected chi connectivity index (χ4v) is 2.09. The Kier molecular flexibility index (Phi) is 4.99. The molecule has 4 heteroatoms. The second kappa shape index (κ2) is 6.73. The number of nitrogens with one attached hydrogen (secondary N) is 1. The molecular formula is C16H17ClFNO. The van der Waals surface area contributed by atoms with Crippen LogP contribution in [-0.4, -0.2) is 6.54 Å². The Hall–Kier alpha value is -1.58. The molecule has 0 fully saturated rings. The highest BCUT2D eigenvalue weighted by Crippen LogP contribution is 2.31. The molecule has 0 bridgehead atoms. The lowest BCUT2D eigenvalue weighted by Gasteiger charge is -2.11. The van der Waals surface area contributed by atoms with E-state index in [-0.39, 0.29) is 10.8 Å². The molecular weight excluding hydrogens is 277 g/mol. The van der Waals surface area contributed by atoms with E-state index >= 15 is 0 Å².